The molecular weight excluding hydrogens is 290 g/mol. The number of nitrogens with zero attached hydrogens (tertiary/aromatic N) is 3. The third-order valence-electron chi connectivity index (χ3n) is 3.84. The first kappa shape index (κ1) is 12.2. The number of imidazole rings is 1. The fourth-order valence-electron chi connectivity index (χ4n) is 2.91. The molecule has 2 aromatic rings. The van der Waals surface area contributed by atoms with Crippen molar-refractivity contribution < 1.29 is 0 Å². The van der Waals surface area contributed by atoms with E-state index < -0.39 is 0 Å². The topological polar surface area (TPSA) is 20.5 Å². The SMILES string of the molecule is CCN1CCCC1Cc1cn2cccc(Br)c2n1. The van der Waals surface area contributed by atoms with Crippen LogP contribution in [-0.4, -0.2) is 33.4 Å². The highest BCUT2D eigenvalue weighted by atomic mass is 79.9. The molecule has 0 spiro atoms. The Bertz CT molecular complexity index is 549. The summed E-state index contributed by atoms with van der Waals surface area (Å²) in [7, 11) is 0. The molecule has 1 aliphatic rings. The fourth-order valence-corrected chi connectivity index (χ4v) is 3.36. The van der Waals surface area contributed by atoms with Gasteiger partial charge in [-0.3, -0.25) is 0 Å². The van der Waals surface area contributed by atoms with Gasteiger partial charge in [-0.25, -0.2) is 4.98 Å². The predicted octanol–water partition coefficient (Wildman–Crippen LogP) is 3.12. The molecule has 4 heteroatoms. The molecule has 3 nitrogen and oxygen atoms in total. The molecule has 0 radical (unpaired) electrons. The van der Waals surface area contributed by atoms with Crippen molar-refractivity contribution in [2.45, 2.75) is 32.2 Å². The Morgan fingerprint density at radius 2 is 2.39 bits per heavy atom. The maximum atomic E-state index is 4.73. The zero-order chi connectivity index (χ0) is 12.5. The lowest BCUT2D eigenvalue weighted by Crippen LogP contribution is -2.30. The van der Waals surface area contributed by atoms with Crippen LogP contribution in [0.5, 0.6) is 0 Å². The van der Waals surface area contributed by atoms with Gasteiger partial charge in [-0.2, -0.15) is 0 Å². The average molecular weight is 308 g/mol. The van der Waals surface area contributed by atoms with Crippen LogP contribution in [0.15, 0.2) is 29.0 Å². The molecule has 0 aromatic carbocycles. The normalized spacial score (nSPS) is 20.9. The minimum absolute atomic E-state index is 0.679. The van der Waals surface area contributed by atoms with Crippen LogP contribution >= 0.6 is 15.9 Å². The van der Waals surface area contributed by atoms with Crippen LogP contribution in [-0.2, 0) is 6.42 Å². The van der Waals surface area contributed by atoms with Gasteiger partial charge in [0.25, 0.3) is 0 Å². The van der Waals surface area contributed by atoms with E-state index in [1.165, 1.54) is 25.1 Å². The highest BCUT2D eigenvalue weighted by Crippen LogP contribution is 2.22. The summed E-state index contributed by atoms with van der Waals surface area (Å²) in [6.45, 7) is 4.65. The van der Waals surface area contributed by atoms with E-state index in [1.807, 2.05) is 12.1 Å². The molecule has 1 unspecified atom stereocenters. The van der Waals surface area contributed by atoms with Crippen LogP contribution in [0.4, 0.5) is 0 Å². The summed E-state index contributed by atoms with van der Waals surface area (Å²) in [5.41, 5.74) is 2.22. The highest BCUT2D eigenvalue weighted by Gasteiger charge is 2.23. The van der Waals surface area contributed by atoms with Gasteiger partial charge in [0.15, 0.2) is 5.65 Å². The fraction of sp³-hybridized carbons (Fsp3) is 0.500. The maximum absolute atomic E-state index is 4.73. The largest absolute Gasteiger partial charge is 0.306 e. The summed E-state index contributed by atoms with van der Waals surface area (Å²) < 4.78 is 3.17. The summed E-state index contributed by atoms with van der Waals surface area (Å²) in [5, 5.41) is 0. The third-order valence-corrected chi connectivity index (χ3v) is 4.45. The van der Waals surface area contributed by atoms with Crippen molar-refractivity contribution in [1.29, 1.82) is 0 Å². The first-order valence-corrected chi connectivity index (χ1v) is 7.43. The molecule has 0 amide bonds. The Morgan fingerprint density at radius 3 is 3.17 bits per heavy atom. The highest BCUT2D eigenvalue weighted by molar-refractivity contribution is 9.10. The number of likely N-dealkylation sites (N-methyl/N-ethyl adjacent to an activating group) is 1. The summed E-state index contributed by atoms with van der Waals surface area (Å²) in [6.07, 6.45) is 7.93. The van der Waals surface area contributed by atoms with Gasteiger partial charge < -0.3 is 9.30 Å². The second-order valence-electron chi connectivity index (χ2n) is 4.95. The van der Waals surface area contributed by atoms with Crippen molar-refractivity contribution in [2.24, 2.45) is 0 Å². The molecule has 0 saturated carbocycles. The van der Waals surface area contributed by atoms with Crippen molar-refractivity contribution in [3.8, 4) is 0 Å². The van der Waals surface area contributed by atoms with E-state index in [9.17, 15) is 0 Å². The predicted molar refractivity (Wildman–Crippen MR) is 76.9 cm³/mol. The Hall–Kier alpha value is -0.870. The summed E-state index contributed by atoms with van der Waals surface area (Å²) in [4.78, 5) is 7.30. The molecule has 0 bridgehead atoms. The van der Waals surface area contributed by atoms with Gasteiger partial charge in [-0.1, -0.05) is 6.92 Å². The van der Waals surface area contributed by atoms with Crippen molar-refractivity contribution in [3.05, 3.63) is 34.7 Å². The van der Waals surface area contributed by atoms with E-state index in [4.69, 9.17) is 4.98 Å². The summed E-state index contributed by atoms with van der Waals surface area (Å²) in [5.74, 6) is 0. The molecule has 1 fully saturated rings. The molecule has 3 heterocycles. The van der Waals surface area contributed by atoms with Crippen molar-refractivity contribution in [2.75, 3.05) is 13.1 Å². The van der Waals surface area contributed by atoms with Crippen molar-refractivity contribution >= 4 is 21.6 Å². The van der Waals surface area contributed by atoms with Gasteiger partial charge in [-0.15, -0.1) is 0 Å². The van der Waals surface area contributed by atoms with Crippen molar-refractivity contribution in [1.82, 2.24) is 14.3 Å². The van der Waals surface area contributed by atoms with Gasteiger partial charge in [0, 0.05) is 24.9 Å². The number of likely N-dealkylation sites (tertiary alicyclic amines) is 1. The maximum Gasteiger partial charge on any atom is 0.151 e. The van der Waals surface area contributed by atoms with Crippen LogP contribution < -0.4 is 0 Å². The molecule has 18 heavy (non-hydrogen) atoms. The van der Waals surface area contributed by atoms with E-state index >= 15 is 0 Å². The smallest absolute Gasteiger partial charge is 0.151 e. The Balaban J connectivity index is 1.84. The molecule has 0 aliphatic carbocycles. The van der Waals surface area contributed by atoms with Gasteiger partial charge in [0.2, 0.25) is 0 Å². The Morgan fingerprint density at radius 1 is 1.50 bits per heavy atom. The van der Waals surface area contributed by atoms with E-state index in [2.05, 4.69) is 44.5 Å². The quantitative estimate of drug-likeness (QED) is 0.868. The van der Waals surface area contributed by atoms with Gasteiger partial charge in [-0.05, 0) is 54.0 Å². The second kappa shape index (κ2) is 5.02. The molecule has 1 atom stereocenters. The lowest BCUT2D eigenvalue weighted by Gasteiger charge is -2.21. The van der Waals surface area contributed by atoms with Crippen molar-refractivity contribution in [3.63, 3.8) is 0 Å². The minimum atomic E-state index is 0.679. The van der Waals surface area contributed by atoms with E-state index in [0.717, 1.165) is 23.1 Å². The zero-order valence-corrected chi connectivity index (χ0v) is 12.2. The van der Waals surface area contributed by atoms with Crippen LogP contribution in [0.2, 0.25) is 0 Å². The van der Waals surface area contributed by atoms with Crippen LogP contribution in [0.1, 0.15) is 25.5 Å². The second-order valence-corrected chi connectivity index (χ2v) is 5.80. The monoisotopic (exact) mass is 307 g/mol. The molecule has 1 saturated heterocycles. The van der Waals surface area contributed by atoms with E-state index in [0.29, 0.717) is 6.04 Å². The number of pyridine rings is 1. The summed E-state index contributed by atoms with van der Waals surface area (Å²) in [6, 6.07) is 4.76. The van der Waals surface area contributed by atoms with Crippen LogP contribution in [0.3, 0.4) is 0 Å². The molecule has 3 rings (SSSR count). The zero-order valence-electron chi connectivity index (χ0n) is 10.6. The molecule has 0 N–H and O–H groups in total. The minimum Gasteiger partial charge on any atom is -0.306 e. The van der Waals surface area contributed by atoms with Gasteiger partial charge >= 0.3 is 0 Å². The summed E-state index contributed by atoms with van der Waals surface area (Å²) >= 11 is 3.55. The average Bonchev–Trinajstić information content (AvgIpc) is 2.96. The Kier molecular flexibility index (Phi) is 3.39. The number of fused-ring (bicyclic) bond motifs is 1. The first-order chi connectivity index (χ1) is 8.78. The lowest BCUT2D eigenvalue weighted by molar-refractivity contribution is 0.265. The number of rotatable bonds is 3. The standard InChI is InChI=1S/C14H18BrN3/c1-2-17-7-3-5-12(17)9-11-10-18-8-4-6-13(15)14(18)16-11/h4,6,8,10,12H,2-3,5,7,9H2,1H3. The number of hydrogen-bond donors (Lipinski definition) is 0. The molecule has 96 valence electrons. The van der Waals surface area contributed by atoms with Gasteiger partial charge in [0.1, 0.15) is 0 Å². The van der Waals surface area contributed by atoms with Crippen LogP contribution in [0.25, 0.3) is 5.65 Å². The van der Waals surface area contributed by atoms with E-state index in [-0.39, 0.29) is 0 Å². The van der Waals surface area contributed by atoms with Crippen LogP contribution in [0, 0.1) is 0 Å². The number of aromatic nitrogens is 2. The molecule has 2 aromatic heterocycles. The Labute approximate surface area is 116 Å². The molecular formula is C14H18BrN3. The first-order valence-electron chi connectivity index (χ1n) is 6.64. The third kappa shape index (κ3) is 2.19. The number of hydrogen-bond acceptors (Lipinski definition) is 2. The van der Waals surface area contributed by atoms with E-state index in [1.54, 1.807) is 0 Å². The van der Waals surface area contributed by atoms with Gasteiger partial charge in [0.05, 0.1) is 10.2 Å². The lowest BCUT2D eigenvalue weighted by atomic mass is 10.1. The molecule has 1 aliphatic heterocycles. The number of halogens is 1.